The van der Waals surface area contributed by atoms with Crippen LogP contribution in [0.2, 0.25) is 0 Å². The number of rotatable bonds is 5. The first kappa shape index (κ1) is 14.3. The summed E-state index contributed by atoms with van der Waals surface area (Å²) in [6.07, 6.45) is 0.832. The Morgan fingerprint density at radius 1 is 1.60 bits per heavy atom. The van der Waals surface area contributed by atoms with E-state index in [1.807, 2.05) is 0 Å². The topological polar surface area (TPSA) is 92.9 Å². The molecule has 1 aliphatic rings. The third-order valence-corrected chi connectivity index (χ3v) is 3.45. The lowest BCUT2D eigenvalue weighted by molar-refractivity contribution is -0.384. The number of aromatic carboxylic acids is 1. The van der Waals surface area contributed by atoms with Gasteiger partial charge >= 0.3 is 5.97 Å². The summed E-state index contributed by atoms with van der Waals surface area (Å²) in [7, 11) is 1.61. The number of carboxylic acids is 1. The zero-order valence-electron chi connectivity index (χ0n) is 11.1. The molecule has 1 N–H and O–H groups in total. The summed E-state index contributed by atoms with van der Waals surface area (Å²) >= 11 is 0. The van der Waals surface area contributed by atoms with Crippen molar-refractivity contribution in [2.45, 2.75) is 6.42 Å². The first-order valence-electron chi connectivity index (χ1n) is 6.29. The van der Waals surface area contributed by atoms with Crippen LogP contribution >= 0.6 is 0 Å². The normalized spacial score (nSPS) is 18.2. The maximum Gasteiger partial charge on any atom is 0.338 e. The van der Waals surface area contributed by atoms with Gasteiger partial charge in [-0.05, 0) is 12.5 Å². The first-order chi connectivity index (χ1) is 9.54. The fourth-order valence-electron chi connectivity index (χ4n) is 2.59. The van der Waals surface area contributed by atoms with Gasteiger partial charge in [0, 0.05) is 32.2 Å². The lowest BCUT2D eigenvalue weighted by Gasteiger charge is -2.20. The molecule has 7 nitrogen and oxygen atoms in total. The van der Waals surface area contributed by atoms with E-state index in [1.54, 1.807) is 12.0 Å². The highest BCUT2D eigenvalue weighted by molar-refractivity contribution is 5.97. The summed E-state index contributed by atoms with van der Waals surface area (Å²) in [5.41, 5.74) is 0.00355. The van der Waals surface area contributed by atoms with Crippen molar-refractivity contribution < 1.29 is 19.6 Å². The predicted molar refractivity (Wildman–Crippen MR) is 72.3 cm³/mol. The Bertz CT molecular complexity index is 499. The number of nitrogens with zero attached hydrogens (tertiary/aromatic N) is 2. The van der Waals surface area contributed by atoms with Crippen LogP contribution in [0.15, 0.2) is 18.2 Å². The first-order valence-corrected chi connectivity index (χ1v) is 6.29. The molecule has 20 heavy (non-hydrogen) atoms. The molecule has 1 aromatic rings. The molecular weight excluding hydrogens is 264 g/mol. The minimum atomic E-state index is -1.15. The third kappa shape index (κ3) is 2.72. The van der Waals surface area contributed by atoms with E-state index in [0.717, 1.165) is 6.42 Å². The Balaban J connectivity index is 2.39. The van der Waals surface area contributed by atoms with Crippen LogP contribution in [0, 0.1) is 16.0 Å². The molecule has 0 bridgehead atoms. The number of carbonyl (C=O) groups is 1. The second-order valence-corrected chi connectivity index (χ2v) is 4.79. The molecule has 0 radical (unpaired) electrons. The standard InChI is InChI=1S/C13H16N2O5/c1-20-8-9-5-6-14(7-9)12-10(13(16)17)3-2-4-11(12)15(18)19/h2-4,9H,5-8H2,1H3,(H,16,17). The largest absolute Gasteiger partial charge is 0.478 e. The summed E-state index contributed by atoms with van der Waals surface area (Å²) in [4.78, 5) is 23.6. The molecular formula is C13H16N2O5. The zero-order chi connectivity index (χ0) is 14.7. The molecule has 2 rings (SSSR count). The molecule has 108 valence electrons. The fraction of sp³-hybridized carbons (Fsp3) is 0.462. The molecule has 1 unspecified atom stereocenters. The molecule has 0 aliphatic carbocycles. The van der Waals surface area contributed by atoms with Crippen LogP contribution in [0.3, 0.4) is 0 Å². The number of para-hydroxylation sites is 1. The fourth-order valence-corrected chi connectivity index (χ4v) is 2.59. The summed E-state index contributed by atoms with van der Waals surface area (Å²) in [5, 5.41) is 20.3. The number of carboxylic acid groups (broad SMARTS) is 1. The van der Waals surface area contributed by atoms with E-state index >= 15 is 0 Å². The summed E-state index contributed by atoms with van der Waals surface area (Å²) in [5.74, 6) is -0.889. The SMILES string of the molecule is COCC1CCN(c2c(C(=O)O)cccc2[N+](=O)[O-])C1. The number of nitro groups is 1. The number of benzene rings is 1. The van der Waals surface area contributed by atoms with Crippen LogP contribution in [0.1, 0.15) is 16.8 Å². The molecule has 1 aromatic carbocycles. The van der Waals surface area contributed by atoms with Crippen molar-refractivity contribution in [2.24, 2.45) is 5.92 Å². The predicted octanol–water partition coefficient (Wildman–Crippen LogP) is 1.77. The van der Waals surface area contributed by atoms with Crippen molar-refractivity contribution in [3.8, 4) is 0 Å². The van der Waals surface area contributed by atoms with E-state index in [-0.39, 0.29) is 22.9 Å². The third-order valence-electron chi connectivity index (χ3n) is 3.45. The van der Waals surface area contributed by atoms with E-state index < -0.39 is 10.9 Å². The Morgan fingerprint density at radius 3 is 2.95 bits per heavy atom. The molecule has 1 fully saturated rings. The van der Waals surface area contributed by atoms with Gasteiger partial charge in [0.05, 0.1) is 17.1 Å². The van der Waals surface area contributed by atoms with E-state index in [9.17, 15) is 20.0 Å². The summed E-state index contributed by atoms with van der Waals surface area (Å²) in [6.45, 7) is 1.73. The molecule has 1 saturated heterocycles. The lowest BCUT2D eigenvalue weighted by Crippen LogP contribution is -2.24. The average molecular weight is 280 g/mol. The maximum atomic E-state index is 11.3. The van der Waals surface area contributed by atoms with Crippen molar-refractivity contribution in [1.29, 1.82) is 0 Å². The zero-order valence-corrected chi connectivity index (χ0v) is 11.1. The molecule has 0 spiro atoms. The van der Waals surface area contributed by atoms with Crippen molar-refractivity contribution in [2.75, 3.05) is 31.7 Å². The second kappa shape index (κ2) is 5.87. The summed E-state index contributed by atoms with van der Waals surface area (Å²) < 4.78 is 5.09. The van der Waals surface area contributed by atoms with Gasteiger partial charge in [0.25, 0.3) is 5.69 Å². The minimum absolute atomic E-state index is 0.0303. The van der Waals surface area contributed by atoms with Crippen molar-refractivity contribution >= 4 is 17.3 Å². The van der Waals surface area contributed by atoms with Gasteiger partial charge in [0.2, 0.25) is 0 Å². The highest BCUT2D eigenvalue weighted by atomic mass is 16.6. The van der Waals surface area contributed by atoms with E-state index in [4.69, 9.17) is 4.74 Å². The van der Waals surface area contributed by atoms with Gasteiger partial charge in [-0.3, -0.25) is 10.1 Å². The minimum Gasteiger partial charge on any atom is -0.478 e. The Hall–Kier alpha value is -2.15. The van der Waals surface area contributed by atoms with Crippen molar-refractivity contribution in [3.63, 3.8) is 0 Å². The van der Waals surface area contributed by atoms with E-state index in [0.29, 0.717) is 19.7 Å². The second-order valence-electron chi connectivity index (χ2n) is 4.79. The van der Waals surface area contributed by atoms with Gasteiger partial charge in [-0.1, -0.05) is 6.07 Å². The molecule has 1 atom stereocenters. The van der Waals surface area contributed by atoms with Gasteiger partial charge in [-0.25, -0.2) is 4.79 Å². The molecule has 1 aliphatic heterocycles. The molecule has 0 aromatic heterocycles. The number of anilines is 1. The van der Waals surface area contributed by atoms with Gasteiger partial charge < -0.3 is 14.7 Å². The highest BCUT2D eigenvalue weighted by Gasteiger charge is 2.31. The molecule has 7 heteroatoms. The van der Waals surface area contributed by atoms with Gasteiger partial charge in [0.1, 0.15) is 5.69 Å². The Morgan fingerprint density at radius 2 is 2.35 bits per heavy atom. The van der Waals surface area contributed by atoms with Crippen LogP contribution in [0.4, 0.5) is 11.4 Å². The van der Waals surface area contributed by atoms with E-state index in [1.165, 1.54) is 18.2 Å². The van der Waals surface area contributed by atoms with Gasteiger partial charge in [-0.2, -0.15) is 0 Å². The summed E-state index contributed by atoms with van der Waals surface area (Å²) in [6, 6.07) is 4.13. The van der Waals surface area contributed by atoms with Crippen molar-refractivity contribution in [1.82, 2.24) is 0 Å². The number of hydrogen-bond donors (Lipinski definition) is 1. The van der Waals surface area contributed by atoms with Crippen LogP contribution < -0.4 is 4.90 Å². The number of methoxy groups -OCH3 is 1. The van der Waals surface area contributed by atoms with Crippen LogP contribution in [-0.4, -0.2) is 42.8 Å². The highest BCUT2D eigenvalue weighted by Crippen LogP contribution is 2.35. The molecule has 1 heterocycles. The monoisotopic (exact) mass is 280 g/mol. The Labute approximate surface area is 115 Å². The molecule has 0 amide bonds. The lowest BCUT2D eigenvalue weighted by atomic mass is 10.1. The van der Waals surface area contributed by atoms with Crippen LogP contribution in [-0.2, 0) is 4.74 Å². The van der Waals surface area contributed by atoms with Crippen LogP contribution in [0.5, 0.6) is 0 Å². The van der Waals surface area contributed by atoms with Gasteiger partial charge in [-0.15, -0.1) is 0 Å². The average Bonchev–Trinajstić information content (AvgIpc) is 2.86. The smallest absolute Gasteiger partial charge is 0.338 e. The maximum absolute atomic E-state index is 11.3. The number of ether oxygens (including phenoxy) is 1. The number of hydrogen-bond acceptors (Lipinski definition) is 5. The van der Waals surface area contributed by atoms with E-state index in [2.05, 4.69) is 0 Å². The number of nitro benzene ring substituents is 1. The van der Waals surface area contributed by atoms with Gasteiger partial charge in [0.15, 0.2) is 0 Å². The van der Waals surface area contributed by atoms with Crippen molar-refractivity contribution in [3.05, 3.63) is 33.9 Å². The molecule has 0 saturated carbocycles. The van der Waals surface area contributed by atoms with Crippen LogP contribution in [0.25, 0.3) is 0 Å². The quantitative estimate of drug-likeness (QED) is 0.652. The Kier molecular flexibility index (Phi) is 4.19.